The number of hydrogen-bond acceptors (Lipinski definition) is 6. The lowest BCUT2D eigenvalue weighted by Crippen LogP contribution is -2.68. The van der Waals surface area contributed by atoms with Crippen molar-refractivity contribution in [3.05, 3.63) is 101 Å². The third-order valence-corrected chi connectivity index (χ3v) is 9.75. The second-order valence-electron chi connectivity index (χ2n) is 10.7. The van der Waals surface area contributed by atoms with Crippen LogP contribution in [0.1, 0.15) is 29.5 Å². The number of carbonyl (C=O) groups excluding carboxylic acids is 1. The van der Waals surface area contributed by atoms with E-state index in [1.54, 1.807) is 6.07 Å². The van der Waals surface area contributed by atoms with Gasteiger partial charge in [-0.25, -0.2) is 0 Å². The fraction of sp³-hybridized carbons (Fsp3) is 0.367. The number of carbonyl (C=O) groups is 1. The first-order chi connectivity index (χ1) is 19.2. The predicted molar refractivity (Wildman–Crippen MR) is 165 cm³/mol. The second kappa shape index (κ2) is 13.2. The summed E-state index contributed by atoms with van der Waals surface area (Å²) in [7, 11) is -3.82. The van der Waals surface area contributed by atoms with Crippen molar-refractivity contribution in [2.45, 2.75) is 37.5 Å². The summed E-state index contributed by atoms with van der Waals surface area (Å²) in [4.78, 5) is 14.0. The highest BCUT2D eigenvalue weighted by Gasteiger charge is 2.60. The van der Waals surface area contributed by atoms with Crippen LogP contribution in [-0.4, -0.2) is 52.9 Å². The van der Waals surface area contributed by atoms with Gasteiger partial charge in [-0.1, -0.05) is 76.3 Å². The number of quaternary nitrogens is 1. The van der Waals surface area contributed by atoms with Crippen LogP contribution in [0, 0.1) is 0 Å². The molecule has 1 fully saturated rings. The zero-order valence-electron chi connectivity index (χ0n) is 23.0. The van der Waals surface area contributed by atoms with Crippen molar-refractivity contribution in [3.8, 4) is 0 Å². The van der Waals surface area contributed by atoms with E-state index in [4.69, 9.17) is 16.3 Å². The van der Waals surface area contributed by atoms with Crippen molar-refractivity contribution in [1.29, 1.82) is 0 Å². The molecule has 11 heteroatoms. The molecule has 5 rings (SSSR count). The highest BCUT2D eigenvalue weighted by molar-refractivity contribution is 7.90. The average Bonchev–Trinajstić information content (AvgIpc) is 3.21. The Kier molecular flexibility index (Phi) is 10.1. The number of halogens is 2. The maximum atomic E-state index is 14.0. The topological polar surface area (TPSA) is 96.5 Å². The summed E-state index contributed by atoms with van der Waals surface area (Å²) in [5, 5.41) is 7.26. The highest BCUT2D eigenvalue weighted by atomic mass is 35.5. The predicted octanol–water partition coefficient (Wildman–Crippen LogP) is 4.07. The molecule has 3 N–H and O–H groups in total. The van der Waals surface area contributed by atoms with E-state index in [1.807, 2.05) is 72.8 Å². The van der Waals surface area contributed by atoms with E-state index in [1.165, 1.54) is 6.26 Å². The van der Waals surface area contributed by atoms with Crippen LogP contribution in [0.5, 0.6) is 0 Å². The first kappa shape index (κ1) is 31.4. The second-order valence-corrected chi connectivity index (χ2v) is 13.2. The van der Waals surface area contributed by atoms with Crippen molar-refractivity contribution in [3.63, 3.8) is 0 Å². The van der Waals surface area contributed by atoms with Crippen LogP contribution in [0.4, 0.5) is 5.69 Å². The number of ether oxygens (including phenoxy) is 1. The van der Waals surface area contributed by atoms with Crippen molar-refractivity contribution >= 4 is 45.6 Å². The fourth-order valence-corrected chi connectivity index (χ4v) is 7.35. The van der Waals surface area contributed by atoms with Gasteiger partial charge >= 0.3 is 10.0 Å². The van der Waals surface area contributed by atoms with E-state index in [0.29, 0.717) is 23.9 Å². The number of fused-ring (bicyclic) bond motifs is 2. The number of para-hydroxylation sites is 1. The maximum absolute atomic E-state index is 14.0. The molecule has 0 bridgehead atoms. The molecule has 220 valence electrons. The zero-order chi connectivity index (χ0) is 28.2. The lowest BCUT2D eigenvalue weighted by molar-refractivity contribution is -0.127. The van der Waals surface area contributed by atoms with Crippen LogP contribution in [0.3, 0.4) is 0 Å². The smallest absolute Gasteiger partial charge is 0.321 e. The number of nitrogens with one attached hydrogen (secondary N) is 3. The summed E-state index contributed by atoms with van der Waals surface area (Å²) in [6, 6.07) is 23.9. The van der Waals surface area contributed by atoms with Crippen molar-refractivity contribution in [2.75, 3.05) is 32.5 Å². The molecule has 2 aliphatic rings. The van der Waals surface area contributed by atoms with Crippen LogP contribution in [0.15, 0.2) is 78.9 Å². The summed E-state index contributed by atoms with van der Waals surface area (Å²) in [6.07, 6.45) is 2.79. The quantitative estimate of drug-likeness (QED) is 0.296. The lowest BCUT2D eigenvalue weighted by atomic mass is 9.75. The van der Waals surface area contributed by atoms with Crippen LogP contribution >= 0.6 is 24.0 Å². The Hall–Kier alpha value is -2.50. The van der Waals surface area contributed by atoms with Crippen LogP contribution in [0.2, 0.25) is 5.02 Å². The van der Waals surface area contributed by atoms with E-state index in [9.17, 15) is 13.2 Å². The first-order valence-corrected chi connectivity index (χ1v) is 15.8. The van der Waals surface area contributed by atoms with E-state index >= 15 is 0 Å². The van der Waals surface area contributed by atoms with Crippen LogP contribution < -0.4 is 20.1 Å². The number of amides is 1. The van der Waals surface area contributed by atoms with Crippen LogP contribution in [0.25, 0.3) is 0 Å². The number of hydrogen-bond donors (Lipinski definition) is 3. The fourth-order valence-electron chi connectivity index (χ4n) is 5.89. The molecule has 2 heterocycles. The molecule has 3 aromatic carbocycles. The molecule has 1 spiro atoms. The van der Waals surface area contributed by atoms with Crippen molar-refractivity contribution in [1.82, 2.24) is 20.1 Å². The van der Waals surface area contributed by atoms with Gasteiger partial charge in [0.05, 0.1) is 24.9 Å². The summed E-state index contributed by atoms with van der Waals surface area (Å²) in [5.74, 6) is -0.443. The van der Waals surface area contributed by atoms with Gasteiger partial charge in [0.15, 0.2) is 5.69 Å². The molecule has 1 saturated heterocycles. The summed E-state index contributed by atoms with van der Waals surface area (Å²) in [6.45, 7) is 2.59. The monoisotopic (exact) mass is 619 g/mol. The van der Waals surface area contributed by atoms with Gasteiger partial charge in [-0.15, -0.1) is 12.4 Å². The Balaban J connectivity index is 0.00000387. The Bertz CT molecular complexity index is 1450. The molecule has 0 saturated carbocycles. The molecule has 8 nitrogen and oxygen atoms in total. The minimum Gasteiger partial charge on any atom is -0.375 e. The van der Waals surface area contributed by atoms with Gasteiger partial charge in [-0.2, -0.15) is 13.8 Å². The molecular formula is C30H37Cl2N4O4S+. The number of sulfonamides is 1. The molecule has 2 aliphatic heterocycles. The third-order valence-electron chi connectivity index (χ3n) is 7.96. The number of benzene rings is 3. The molecule has 41 heavy (non-hydrogen) atoms. The van der Waals surface area contributed by atoms with Gasteiger partial charge in [0.1, 0.15) is 12.6 Å². The van der Waals surface area contributed by atoms with Gasteiger partial charge in [-0.3, -0.25) is 10.1 Å². The van der Waals surface area contributed by atoms with E-state index < -0.39 is 26.0 Å². The number of rotatable bonds is 10. The van der Waals surface area contributed by atoms with Crippen molar-refractivity contribution < 1.29 is 17.9 Å². The average molecular weight is 621 g/mol. The molecule has 0 aromatic heterocycles. The summed E-state index contributed by atoms with van der Waals surface area (Å²) >= 11 is 6.17. The highest BCUT2D eigenvalue weighted by Crippen LogP contribution is 2.50. The SMILES string of the molecule is CS(=O)(=O)[N+]1(NC(=O)C(COCc2ccccc2)NCc2cccc(Cl)c2)CC2(CCNCC2)c2ccccc21.Cl. The Morgan fingerprint density at radius 2 is 1.71 bits per heavy atom. The third kappa shape index (κ3) is 6.78. The maximum Gasteiger partial charge on any atom is 0.321 e. The minimum absolute atomic E-state index is 0. The molecule has 2 unspecified atom stereocenters. The van der Waals surface area contributed by atoms with Gasteiger partial charge in [0.2, 0.25) is 0 Å². The van der Waals surface area contributed by atoms with Gasteiger partial charge < -0.3 is 10.1 Å². The van der Waals surface area contributed by atoms with Crippen molar-refractivity contribution in [2.24, 2.45) is 0 Å². The molecule has 1 amide bonds. The standard InChI is InChI=1S/C30H35ClN4O4S.ClH/c1-40(37,38)35(22-30(14-16-32-17-15-30)26-12-5-6-13-28(26)35)34-29(36)27(21-39-20-23-8-3-2-4-9-23)33-19-24-10-7-11-25(31)18-24;/h2-13,18,27,32-33H,14-17,19-22H2,1H3;1H/p+1. The van der Waals surface area contributed by atoms with E-state index in [-0.39, 0.29) is 31.0 Å². The van der Waals surface area contributed by atoms with E-state index in [0.717, 1.165) is 42.6 Å². The molecule has 0 radical (unpaired) electrons. The minimum atomic E-state index is -3.82. The molecular weight excluding hydrogens is 583 g/mol. The van der Waals surface area contributed by atoms with Gasteiger partial charge in [-0.05, 0) is 49.2 Å². The summed E-state index contributed by atoms with van der Waals surface area (Å²) in [5.41, 5.74) is 6.13. The molecule has 3 aromatic rings. The lowest BCUT2D eigenvalue weighted by Gasteiger charge is -2.36. The van der Waals surface area contributed by atoms with Gasteiger partial charge in [0.25, 0.3) is 5.91 Å². The molecule has 2 atom stereocenters. The Labute approximate surface area is 253 Å². The number of nitrogens with zero attached hydrogens (tertiary/aromatic N) is 1. The Morgan fingerprint density at radius 3 is 2.41 bits per heavy atom. The molecule has 0 aliphatic carbocycles. The first-order valence-electron chi connectivity index (χ1n) is 13.5. The number of piperidine rings is 1. The summed E-state index contributed by atoms with van der Waals surface area (Å²) < 4.78 is 32.5. The Morgan fingerprint density at radius 1 is 1.02 bits per heavy atom. The van der Waals surface area contributed by atoms with Crippen LogP contribution in [-0.2, 0) is 38.1 Å². The van der Waals surface area contributed by atoms with E-state index in [2.05, 4.69) is 16.1 Å². The zero-order valence-corrected chi connectivity index (χ0v) is 25.4. The largest absolute Gasteiger partial charge is 0.375 e. The van der Waals surface area contributed by atoms with Gasteiger partial charge in [0, 0.05) is 23.2 Å². The normalized spacial score (nSPS) is 20.1.